The molecule has 6 atom stereocenters. The van der Waals surface area contributed by atoms with Gasteiger partial charge in [0.2, 0.25) is 5.91 Å². The normalized spacial score (nSPS) is 37.0. The molecule has 3 rings (SSSR count). The second-order valence-corrected chi connectivity index (χ2v) is 11.6. The fourth-order valence-corrected chi connectivity index (χ4v) is 6.41. The summed E-state index contributed by atoms with van der Waals surface area (Å²) >= 11 is 0. The van der Waals surface area contributed by atoms with Crippen molar-refractivity contribution in [3.63, 3.8) is 0 Å². The molecule has 0 heterocycles. The van der Waals surface area contributed by atoms with Crippen LogP contribution in [0.2, 0.25) is 0 Å². The van der Waals surface area contributed by atoms with Crippen LogP contribution in [-0.2, 0) is 4.79 Å². The minimum absolute atomic E-state index is 0.141. The number of hydrogen-bond acceptors (Lipinski definition) is 3. The Morgan fingerprint density at radius 3 is 2.50 bits per heavy atom. The van der Waals surface area contributed by atoms with Gasteiger partial charge in [-0.05, 0) is 74.5 Å². The molecule has 0 aliphatic heterocycles. The lowest BCUT2D eigenvalue weighted by Crippen LogP contribution is -2.42. The highest BCUT2D eigenvalue weighted by Crippen LogP contribution is 2.59. The minimum Gasteiger partial charge on any atom is -0.393 e. The van der Waals surface area contributed by atoms with Crippen molar-refractivity contribution >= 4 is 5.91 Å². The lowest BCUT2D eigenvalue weighted by atomic mass is 9.61. The van der Waals surface area contributed by atoms with Crippen molar-refractivity contribution in [1.82, 2.24) is 5.32 Å². The predicted molar refractivity (Wildman–Crippen MR) is 122 cm³/mol. The van der Waals surface area contributed by atoms with Crippen LogP contribution in [0.25, 0.3) is 0 Å². The van der Waals surface area contributed by atoms with E-state index in [1.165, 1.54) is 31.3 Å². The molecule has 170 valence electrons. The number of fused-ring (bicyclic) bond motifs is 1. The Bertz CT molecular complexity index is 677. The van der Waals surface area contributed by atoms with Crippen LogP contribution >= 0.6 is 0 Å². The van der Waals surface area contributed by atoms with Crippen LogP contribution in [0.15, 0.2) is 23.3 Å². The Morgan fingerprint density at radius 2 is 1.87 bits per heavy atom. The van der Waals surface area contributed by atoms with Crippen molar-refractivity contribution in [3.8, 4) is 0 Å². The molecule has 30 heavy (non-hydrogen) atoms. The smallest absolute Gasteiger partial charge is 0.225 e. The summed E-state index contributed by atoms with van der Waals surface area (Å²) in [4.78, 5) is 12.3. The van der Waals surface area contributed by atoms with Gasteiger partial charge < -0.3 is 15.5 Å². The lowest BCUT2D eigenvalue weighted by molar-refractivity contribution is -0.128. The summed E-state index contributed by atoms with van der Waals surface area (Å²) in [7, 11) is 0. The van der Waals surface area contributed by atoms with Gasteiger partial charge in [0, 0.05) is 12.0 Å². The predicted octanol–water partition coefficient (Wildman–Crippen LogP) is 4.76. The van der Waals surface area contributed by atoms with Gasteiger partial charge in [-0.3, -0.25) is 4.79 Å². The van der Waals surface area contributed by atoms with Gasteiger partial charge in [-0.2, -0.15) is 0 Å². The Morgan fingerprint density at radius 1 is 1.20 bits per heavy atom. The molecular formula is C26H43NO3. The van der Waals surface area contributed by atoms with Crippen molar-refractivity contribution in [2.24, 2.45) is 28.6 Å². The second-order valence-electron chi connectivity index (χ2n) is 11.6. The number of allylic oxidation sites excluding steroid dienone is 3. The Hall–Kier alpha value is -1.13. The topological polar surface area (TPSA) is 69.6 Å². The van der Waals surface area contributed by atoms with Crippen molar-refractivity contribution in [2.45, 2.75) is 98.2 Å². The van der Waals surface area contributed by atoms with Crippen molar-refractivity contribution in [1.29, 1.82) is 0 Å². The molecule has 0 aromatic rings. The zero-order chi connectivity index (χ0) is 22.1. The monoisotopic (exact) mass is 417 g/mol. The van der Waals surface area contributed by atoms with Gasteiger partial charge >= 0.3 is 0 Å². The third-order valence-electron chi connectivity index (χ3n) is 8.06. The van der Waals surface area contributed by atoms with Gasteiger partial charge in [-0.1, -0.05) is 57.9 Å². The van der Waals surface area contributed by atoms with Gasteiger partial charge in [0.25, 0.3) is 0 Å². The summed E-state index contributed by atoms with van der Waals surface area (Å²) in [5.74, 6) is 1.87. The summed E-state index contributed by atoms with van der Waals surface area (Å²) in [5.41, 5.74) is 2.70. The Labute approximate surface area is 183 Å². The number of nitrogens with one attached hydrogen (secondary N) is 1. The number of aliphatic hydroxyl groups is 2. The first-order valence-electron chi connectivity index (χ1n) is 12.0. The molecule has 1 unspecified atom stereocenters. The number of carbonyl (C=O) groups is 1. The maximum absolute atomic E-state index is 12.3. The Balaban J connectivity index is 1.68. The van der Waals surface area contributed by atoms with Crippen LogP contribution in [0.1, 0.15) is 86.0 Å². The zero-order valence-corrected chi connectivity index (χ0v) is 19.7. The summed E-state index contributed by atoms with van der Waals surface area (Å²) in [6.07, 6.45) is 11.7. The van der Waals surface area contributed by atoms with Gasteiger partial charge in [0.15, 0.2) is 0 Å². The van der Waals surface area contributed by atoms with E-state index in [0.717, 1.165) is 13.0 Å². The third kappa shape index (κ3) is 5.19. The van der Waals surface area contributed by atoms with Crippen LogP contribution in [0.5, 0.6) is 0 Å². The van der Waals surface area contributed by atoms with Gasteiger partial charge in [0.1, 0.15) is 0 Å². The fraction of sp³-hybridized carbons (Fsp3) is 0.808. The molecule has 0 aromatic carbocycles. The molecule has 0 radical (unpaired) electrons. The van der Waals surface area contributed by atoms with Gasteiger partial charge in [-0.25, -0.2) is 0 Å². The van der Waals surface area contributed by atoms with E-state index in [0.29, 0.717) is 42.4 Å². The zero-order valence-electron chi connectivity index (χ0n) is 19.7. The van der Waals surface area contributed by atoms with Crippen LogP contribution in [0.4, 0.5) is 0 Å². The highest BCUT2D eigenvalue weighted by molar-refractivity contribution is 5.81. The average Bonchev–Trinajstić information content (AvgIpc) is 3.00. The second kappa shape index (κ2) is 9.16. The molecule has 3 saturated carbocycles. The molecule has 3 N–H and O–H groups in total. The third-order valence-corrected chi connectivity index (χ3v) is 8.06. The van der Waals surface area contributed by atoms with E-state index in [9.17, 15) is 15.0 Å². The van der Waals surface area contributed by atoms with E-state index < -0.39 is 12.2 Å². The first-order valence-corrected chi connectivity index (χ1v) is 12.0. The lowest BCUT2D eigenvalue weighted by Gasteiger charge is -2.44. The standard InChI is InChI=1S/C26H43NO3/c1-17(16-27-24(30)25(2,3)4)22-10-11-23-19(7-6-12-26(22,23)5)9-8-18-13-20(28)15-21(29)14-18/h8-9,17,20-23,28-29H,6-7,10-16H2,1-5H3,(H,27,30)/b19-9+/t17-,20-,21-,22-,23?,26-/m1/s1. The van der Waals surface area contributed by atoms with E-state index in [2.05, 4.69) is 31.3 Å². The van der Waals surface area contributed by atoms with Crippen LogP contribution < -0.4 is 5.32 Å². The summed E-state index contributed by atoms with van der Waals surface area (Å²) in [6.45, 7) is 11.5. The van der Waals surface area contributed by atoms with E-state index in [4.69, 9.17) is 0 Å². The van der Waals surface area contributed by atoms with Crippen LogP contribution in [-0.4, -0.2) is 34.9 Å². The molecule has 0 aromatic heterocycles. The SMILES string of the molecule is C[C@H](CNC(=O)C(C)(C)C)[C@H]1CCC2/C(=C/C=C3C[C@@H](O)C[C@H](O)C3)CCC[C@@]21C. The number of hydrogen-bond donors (Lipinski definition) is 3. The van der Waals surface area contributed by atoms with E-state index in [-0.39, 0.29) is 11.3 Å². The van der Waals surface area contributed by atoms with Crippen molar-refractivity contribution in [2.75, 3.05) is 6.54 Å². The summed E-state index contributed by atoms with van der Waals surface area (Å²) in [5, 5.41) is 23.1. The van der Waals surface area contributed by atoms with E-state index in [1.807, 2.05) is 20.8 Å². The number of amides is 1. The van der Waals surface area contributed by atoms with Gasteiger partial charge in [0.05, 0.1) is 12.2 Å². The van der Waals surface area contributed by atoms with E-state index in [1.54, 1.807) is 5.57 Å². The molecular weight excluding hydrogens is 374 g/mol. The van der Waals surface area contributed by atoms with E-state index >= 15 is 0 Å². The number of rotatable bonds is 4. The van der Waals surface area contributed by atoms with Crippen molar-refractivity contribution in [3.05, 3.63) is 23.3 Å². The summed E-state index contributed by atoms with van der Waals surface area (Å²) in [6, 6.07) is 0. The number of carbonyl (C=O) groups excluding carboxylic acids is 1. The number of aliphatic hydroxyl groups excluding tert-OH is 2. The van der Waals surface area contributed by atoms with Crippen LogP contribution in [0.3, 0.4) is 0 Å². The average molecular weight is 418 g/mol. The van der Waals surface area contributed by atoms with Gasteiger partial charge in [-0.15, -0.1) is 0 Å². The molecule has 4 nitrogen and oxygen atoms in total. The fourth-order valence-electron chi connectivity index (χ4n) is 6.41. The Kier molecular flexibility index (Phi) is 7.18. The quantitative estimate of drug-likeness (QED) is 0.618. The highest BCUT2D eigenvalue weighted by Gasteiger charge is 2.50. The molecule has 3 fully saturated rings. The first-order chi connectivity index (χ1) is 14.0. The summed E-state index contributed by atoms with van der Waals surface area (Å²) < 4.78 is 0. The van der Waals surface area contributed by atoms with Crippen molar-refractivity contribution < 1.29 is 15.0 Å². The largest absolute Gasteiger partial charge is 0.393 e. The highest BCUT2D eigenvalue weighted by atomic mass is 16.3. The minimum atomic E-state index is -0.407. The maximum atomic E-state index is 12.3. The molecule has 0 saturated heterocycles. The van der Waals surface area contributed by atoms with Crippen LogP contribution in [0, 0.1) is 28.6 Å². The molecule has 3 aliphatic carbocycles. The first kappa shape index (κ1) is 23.5. The molecule has 0 bridgehead atoms. The maximum Gasteiger partial charge on any atom is 0.225 e. The molecule has 1 amide bonds. The molecule has 3 aliphatic rings. The molecule has 0 spiro atoms. The molecule has 4 heteroatoms.